The van der Waals surface area contributed by atoms with Crippen LogP contribution in [0.5, 0.6) is 0 Å². The number of anilines is 1. The zero-order valence-electron chi connectivity index (χ0n) is 9.75. The lowest BCUT2D eigenvalue weighted by molar-refractivity contribution is 0.0903. The monoisotopic (exact) mass is 234 g/mol. The second kappa shape index (κ2) is 4.92. The Hall–Kier alpha value is -1.95. The predicted octanol–water partition coefficient (Wildman–Crippen LogP) is 1.81. The van der Waals surface area contributed by atoms with Crippen LogP contribution in [0.2, 0.25) is 0 Å². The standard InChI is InChI=1S/C11H14N4O2/c1-3-8(16-2)10-14-11(17-15-10)7-4-5-13-9(12)6-7/h4-6,8H,3H2,1-2H3,(H2,12,13). The van der Waals surface area contributed by atoms with E-state index in [2.05, 4.69) is 15.1 Å². The Morgan fingerprint density at radius 1 is 1.53 bits per heavy atom. The Labute approximate surface area is 98.8 Å². The molecule has 2 heterocycles. The highest BCUT2D eigenvalue weighted by molar-refractivity contribution is 5.56. The number of hydrogen-bond acceptors (Lipinski definition) is 6. The van der Waals surface area contributed by atoms with Gasteiger partial charge in [0, 0.05) is 18.9 Å². The Morgan fingerprint density at radius 2 is 2.35 bits per heavy atom. The third kappa shape index (κ3) is 2.42. The van der Waals surface area contributed by atoms with Crippen molar-refractivity contribution in [3.8, 4) is 11.5 Å². The number of nitrogens with zero attached hydrogens (tertiary/aromatic N) is 3. The summed E-state index contributed by atoms with van der Waals surface area (Å²) in [6, 6.07) is 3.45. The maximum Gasteiger partial charge on any atom is 0.258 e. The summed E-state index contributed by atoms with van der Waals surface area (Å²) in [5.41, 5.74) is 6.34. The van der Waals surface area contributed by atoms with Crippen LogP contribution in [0, 0.1) is 0 Å². The van der Waals surface area contributed by atoms with Crippen molar-refractivity contribution in [2.24, 2.45) is 0 Å². The van der Waals surface area contributed by atoms with Crippen LogP contribution in [0.1, 0.15) is 25.3 Å². The minimum atomic E-state index is -0.147. The van der Waals surface area contributed by atoms with Crippen LogP contribution in [0.3, 0.4) is 0 Å². The fourth-order valence-corrected chi connectivity index (χ4v) is 1.52. The first-order chi connectivity index (χ1) is 8.24. The zero-order valence-corrected chi connectivity index (χ0v) is 9.75. The molecule has 0 aliphatic carbocycles. The maximum atomic E-state index is 5.59. The molecule has 2 rings (SSSR count). The van der Waals surface area contributed by atoms with Crippen molar-refractivity contribution in [3.63, 3.8) is 0 Å². The van der Waals surface area contributed by atoms with Crippen LogP contribution in [0.4, 0.5) is 5.82 Å². The third-order valence-electron chi connectivity index (χ3n) is 2.41. The van der Waals surface area contributed by atoms with Crippen molar-refractivity contribution in [3.05, 3.63) is 24.2 Å². The van der Waals surface area contributed by atoms with Gasteiger partial charge in [0.1, 0.15) is 11.9 Å². The number of pyridine rings is 1. The van der Waals surface area contributed by atoms with E-state index in [4.69, 9.17) is 15.0 Å². The molecule has 6 nitrogen and oxygen atoms in total. The van der Waals surface area contributed by atoms with Gasteiger partial charge in [0.25, 0.3) is 5.89 Å². The van der Waals surface area contributed by atoms with Gasteiger partial charge in [0.2, 0.25) is 5.82 Å². The molecule has 6 heteroatoms. The van der Waals surface area contributed by atoms with Gasteiger partial charge < -0.3 is 15.0 Å². The number of hydrogen-bond donors (Lipinski definition) is 1. The molecule has 2 aromatic heterocycles. The van der Waals surface area contributed by atoms with E-state index in [0.29, 0.717) is 17.5 Å². The highest BCUT2D eigenvalue weighted by Gasteiger charge is 2.16. The van der Waals surface area contributed by atoms with E-state index < -0.39 is 0 Å². The quantitative estimate of drug-likeness (QED) is 0.868. The number of nitrogens with two attached hydrogens (primary N) is 1. The molecular weight excluding hydrogens is 220 g/mol. The van der Waals surface area contributed by atoms with E-state index in [1.807, 2.05) is 6.92 Å². The van der Waals surface area contributed by atoms with E-state index in [1.54, 1.807) is 25.4 Å². The lowest BCUT2D eigenvalue weighted by atomic mass is 10.2. The maximum absolute atomic E-state index is 5.59. The molecule has 0 aliphatic rings. The van der Waals surface area contributed by atoms with E-state index >= 15 is 0 Å². The van der Waals surface area contributed by atoms with Crippen molar-refractivity contribution in [1.82, 2.24) is 15.1 Å². The molecule has 90 valence electrons. The highest BCUT2D eigenvalue weighted by Crippen LogP contribution is 2.22. The second-order valence-corrected chi connectivity index (χ2v) is 3.56. The molecule has 2 N–H and O–H groups in total. The predicted molar refractivity (Wildman–Crippen MR) is 62.0 cm³/mol. The first-order valence-corrected chi connectivity index (χ1v) is 5.33. The fraction of sp³-hybridized carbons (Fsp3) is 0.364. The van der Waals surface area contributed by atoms with Crippen LogP contribution in [-0.2, 0) is 4.74 Å². The second-order valence-electron chi connectivity index (χ2n) is 3.56. The van der Waals surface area contributed by atoms with Crippen LogP contribution in [0.25, 0.3) is 11.5 Å². The van der Waals surface area contributed by atoms with Crippen LogP contribution in [0.15, 0.2) is 22.9 Å². The van der Waals surface area contributed by atoms with Crippen molar-refractivity contribution >= 4 is 5.82 Å². The summed E-state index contributed by atoms with van der Waals surface area (Å²) in [6.45, 7) is 1.99. The molecule has 0 aliphatic heterocycles. The molecule has 0 radical (unpaired) electrons. The molecule has 0 aromatic carbocycles. The normalized spacial score (nSPS) is 12.6. The summed E-state index contributed by atoms with van der Waals surface area (Å²) >= 11 is 0. The van der Waals surface area contributed by atoms with Gasteiger partial charge in [-0.2, -0.15) is 4.98 Å². The Balaban J connectivity index is 2.29. The SMILES string of the molecule is CCC(OC)c1noc(-c2ccnc(N)c2)n1. The summed E-state index contributed by atoms with van der Waals surface area (Å²) in [5.74, 6) is 1.38. The first kappa shape index (κ1) is 11.5. The molecule has 2 aromatic rings. The topological polar surface area (TPSA) is 87.1 Å². The summed E-state index contributed by atoms with van der Waals surface area (Å²) < 4.78 is 10.4. The summed E-state index contributed by atoms with van der Waals surface area (Å²) in [4.78, 5) is 8.18. The Kier molecular flexibility index (Phi) is 3.34. The van der Waals surface area contributed by atoms with Gasteiger partial charge in [-0.15, -0.1) is 0 Å². The minimum Gasteiger partial charge on any atom is -0.384 e. The molecule has 0 amide bonds. The summed E-state index contributed by atoms with van der Waals surface area (Å²) in [7, 11) is 1.62. The van der Waals surface area contributed by atoms with Gasteiger partial charge in [0.05, 0.1) is 0 Å². The number of aromatic nitrogens is 3. The lowest BCUT2D eigenvalue weighted by Crippen LogP contribution is -2.01. The molecule has 0 bridgehead atoms. The third-order valence-corrected chi connectivity index (χ3v) is 2.41. The Bertz CT molecular complexity index is 494. The summed E-state index contributed by atoms with van der Waals surface area (Å²) in [6.07, 6.45) is 2.24. The zero-order chi connectivity index (χ0) is 12.3. The van der Waals surface area contributed by atoms with Crippen molar-refractivity contribution in [2.75, 3.05) is 12.8 Å². The van der Waals surface area contributed by atoms with Crippen LogP contribution >= 0.6 is 0 Å². The van der Waals surface area contributed by atoms with Crippen LogP contribution < -0.4 is 5.73 Å². The fourth-order valence-electron chi connectivity index (χ4n) is 1.52. The van der Waals surface area contributed by atoms with Crippen molar-refractivity contribution < 1.29 is 9.26 Å². The van der Waals surface area contributed by atoms with E-state index in [-0.39, 0.29) is 6.10 Å². The average Bonchev–Trinajstić information content (AvgIpc) is 2.80. The molecule has 1 unspecified atom stereocenters. The Morgan fingerprint density at radius 3 is 3.00 bits per heavy atom. The minimum absolute atomic E-state index is 0.147. The molecule has 0 saturated heterocycles. The number of rotatable bonds is 4. The van der Waals surface area contributed by atoms with Gasteiger partial charge >= 0.3 is 0 Å². The van der Waals surface area contributed by atoms with E-state index in [9.17, 15) is 0 Å². The van der Waals surface area contributed by atoms with Gasteiger partial charge in [-0.3, -0.25) is 0 Å². The van der Waals surface area contributed by atoms with Gasteiger partial charge in [-0.25, -0.2) is 4.98 Å². The van der Waals surface area contributed by atoms with E-state index in [1.165, 1.54) is 0 Å². The number of nitrogen functional groups attached to an aromatic ring is 1. The highest BCUT2D eigenvalue weighted by atomic mass is 16.5. The van der Waals surface area contributed by atoms with Gasteiger partial charge in [-0.1, -0.05) is 12.1 Å². The molecule has 0 spiro atoms. The van der Waals surface area contributed by atoms with Crippen LogP contribution in [-0.4, -0.2) is 22.2 Å². The lowest BCUT2D eigenvalue weighted by Gasteiger charge is -2.05. The number of ether oxygens (including phenoxy) is 1. The van der Waals surface area contributed by atoms with Crippen molar-refractivity contribution in [2.45, 2.75) is 19.4 Å². The molecule has 0 saturated carbocycles. The number of methoxy groups -OCH3 is 1. The smallest absolute Gasteiger partial charge is 0.258 e. The molecule has 0 fully saturated rings. The van der Waals surface area contributed by atoms with Gasteiger partial charge in [0.15, 0.2) is 0 Å². The molecule has 1 atom stereocenters. The first-order valence-electron chi connectivity index (χ1n) is 5.33. The van der Waals surface area contributed by atoms with Gasteiger partial charge in [-0.05, 0) is 18.6 Å². The molecular formula is C11H14N4O2. The molecule has 17 heavy (non-hydrogen) atoms. The largest absolute Gasteiger partial charge is 0.384 e. The average molecular weight is 234 g/mol. The van der Waals surface area contributed by atoms with E-state index in [0.717, 1.165) is 12.0 Å². The van der Waals surface area contributed by atoms with Crippen molar-refractivity contribution in [1.29, 1.82) is 0 Å². The summed E-state index contributed by atoms with van der Waals surface area (Å²) in [5, 5.41) is 3.89.